The maximum absolute atomic E-state index is 8.84. The van der Waals surface area contributed by atoms with Crippen molar-refractivity contribution in [2.24, 2.45) is 0 Å². The van der Waals surface area contributed by atoms with Crippen molar-refractivity contribution in [3.05, 3.63) is 58.6 Å². The fraction of sp³-hybridized carbons (Fsp3) is 0.133. The van der Waals surface area contributed by atoms with Crippen LogP contribution in [0.1, 0.15) is 24.1 Å². The molecule has 0 radical (unpaired) electrons. The van der Waals surface area contributed by atoms with E-state index in [0.29, 0.717) is 11.3 Å². The van der Waals surface area contributed by atoms with Gasteiger partial charge in [0, 0.05) is 16.8 Å². The normalized spacial score (nSPS) is 11.6. The number of rotatable bonds is 3. The zero-order valence-electron chi connectivity index (χ0n) is 10.5. The fourth-order valence-electron chi connectivity index (χ4n) is 1.91. The number of hydrogen-bond donors (Lipinski definition) is 2. The van der Waals surface area contributed by atoms with E-state index in [-0.39, 0.29) is 6.04 Å². The third-order valence-corrected chi connectivity index (χ3v) is 3.27. The van der Waals surface area contributed by atoms with Crippen molar-refractivity contribution < 1.29 is 0 Å². The highest BCUT2D eigenvalue weighted by atomic mass is 35.5. The zero-order chi connectivity index (χ0) is 13.8. The number of nitrogens with two attached hydrogens (primary N) is 1. The van der Waals surface area contributed by atoms with Crippen LogP contribution in [0.5, 0.6) is 0 Å². The van der Waals surface area contributed by atoms with Gasteiger partial charge in [0.05, 0.1) is 11.3 Å². The third-order valence-electron chi connectivity index (χ3n) is 2.93. The summed E-state index contributed by atoms with van der Waals surface area (Å²) in [6.07, 6.45) is 0. The van der Waals surface area contributed by atoms with E-state index < -0.39 is 0 Å². The summed E-state index contributed by atoms with van der Waals surface area (Å²) in [5, 5.41) is 12.9. The minimum atomic E-state index is 0.0565. The number of nitrogen functional groups attached to an aromatic ring is 1. The van der Waals surface area contributed by atoms with E-state index in [1.165, 1.54) is 0 Å². The predicted molar refractivity (Wildman–Crippen MR) is 79.1 cm³/mol. The van der Waals surface area contributed by atoms with Gasteiger partial charge in [0.1, 0.15) is 6.07 Å². The van der Waals surface area contributed by atoms with Crippen LogP contribution in [0.15, 0.2) is 42.5 Å². The monoisotopic (exact) mass is 271 g/mol. The van der Waals surface area contributed by atoms with Crippen molar-refractivity contribution in [1.82, 2.24) is 0 Å². The SMILES string of the molecule is CC(Nc1ccc(C#N)c(N)c1)c1ccccc1Cl. The summed E-state index contributed by atoms with van der Waals surface area (Å²) in [4.78, 5) is 0. The molecule has 2 rings (SSSR count). The zero-order valence-corrected chi connectivity index (χ0v) is 11.3. The highest BCUT2D eigenvalue weighted by Gasteiger charge is 2.09. The maximum Gasteiger partial charge on any atom is 0.101 e. The topological polar surface area (TPSA) is 61.8 Å². The lowest BCUT2D eigenvalue weighted by molar-refractivity contribution is 0.885. The van der Waals surface area contributed by atoms with Gasteiger partial charge in [-0.05, 0) is 36.8 Å². The summed E-state index contributed by atoms with van der Waals surface area (Å²) in [5.74, 6) is 0. The van der Waals surface area contributed by atoms with Crippen molar-refractivity contribution in [2.75, 3.05) is 11.1 Å². The Bertz CT molecular complexity index is 632. The number of nitrogens with zero attached hydrogens (tertiary/aromatic N) is 1. The summed E-state index contributed by atoms with van der Waals surface area (Å²) in [6.45, 7) is 2.02. The van der Waals surface area contributed by atoms with Crippen molar-refractivity contribution in [3.8, 4) is 6.07 Å². The number of nitriles is 1. The lowest BCUT2D eigenvalue weighted by atomic mass is 10.1. The Balaban J connectivity index is 2.20. The second-order valence-corrected chi connectivity index (χ2v) is 4.71. The predicted octanol–water partition coefficient (Wildman–Crippen LogP) is 3.97. The van der Waals surface area contributed by atoms with Crippen LogP contribution in [0.3, 0.4) is 0 Å². The smallest absolute Gasteiger partial charge is 0.101 e. The highest BCUT2D eigenvalue weighted by molar-refractivity contribution is 6.31. The van der Waals surface area contributed by atoms with Gasteiger partial charge in [-0.15, -0.1) is 0 Å². The van der Waals surface area contributed by atoms with Gasteiger partial charge in [0.25, 0.3) is 0 Å². The van der Waals surface area contributed by atoms with Gasteiger partial charge in [0.2, 0.25) is 0 Å². The Hall–Kier alpha value is -2.18. The van der Waals surface area contributed by atoms with E-state index >= 15 is 0 Å². The number of halogens is 1. The molecule has 4 heteroatoms. The minimum Gasteiger partial charge on any atom is -0.398 e. The third kappa shape index (κ3) is 2.98. The van der Waals surface area contributed by atoms with E-state index in [4.69, 9.17) is 22.6 Å². The van der Waals surface area contributed by atoms with Crippen LogP contribution in [0, 0.1) is 11.3 Å². The molecule has 0 aliphatic heterocycles. The molecule has 0 spiro atoms. The standard InChI is InChI=1S/C15H14ClN3/c1-10(13-4-2-3-5-14(13)16)19-12-7-6-11(9-17)15(18)8-12/h2-8,10,19H,18H2,1H3. The quantitative estimate of drug-likeness (QED) is 0.831. The first-order valence-electron chi connectivity index (χ1n) is 5.92. The average Bonchev–Trinajstić information content (AvgIpc) is 2.39. The van der Waals surface area contributed by atoms with Gasteiger partial charge < -0.3 is 11.1 Å². The number of hydrogen-bond acceptors (Lipinski definition) is 3. The Labute approximate surface area is 117 Å². The van der Waals surface area contributed by atoms with Gasteiger partial charge in [0.15, 0.2) is 0 Å². The molecular formula is C15H14ClN3. The maximum atomic E-state index is 8.84. The molecule has 0 bridgehead atoms. The first kappa shape index (κ1) is 13.3. The van der Waals surface area contributed by atoms with Gasteiger partial charge in [-0.2, -0.15) is 5.26 Å². The molecule has 1 unspecified atom stereocenters. The first-order valence-corrected chi connectivity index (χ1v) is 6.30. The molecule has 0 fully saturated rings. The van der Waals surface area contributed by atoms with Crippen molar-refractivity contribution >= 4 is 23.0 Å². The Morgan fingerprint density at radius 2 is 2.00 bits per heavy atom. The van der Waals surface area contributed by atoms with E-state index in [0.717, 1.165) is 16.3 Å². The summed E-state index contributed by atoms with van der Waals surface area (Å²) < 4.78 is 0. The number of anilines is 2. The molecule has 3 nitrogen and oxygen atoms in total. The molecule has 0 saturated heterocycles. The van der Waals surface area contributed by atoms with E-state index in [9.17, 15) is 0 Å². The molecule has 2 aromatic carbocycles. The molecule has 0 amide bonds. The largest absolute Gasteiger partial charge is 0.398 e. The highest BCUT2D eigenvalue weighted by Crippen LogP contribution is 2.26. The number of benzene rings is 2. The molecule has 0 aromatic heterocycles. The fourth-order valence-corrected chi connectivity index (χ4v) is 2.21. The Morgan fingerprint density at radius 1 is 1.26 bits per heavy atom. The summed E-state index contributed by atoms with van der Waals surface area (Å²) in [5.41, 5.74) is 8.63. The van der Waals surface area contributed by atoms with Gasteiger partial charge in [-0.1, -0.05) is 29.8 Å². The molecular weight excluding hydrogens is 258 g/mol. The molecule has 0 aliphatic carbocycles. The van der Waals surface area contributed by atoms with Crippen LogP contribution in [0.2, 0.25) is 5.02 Å². The molecule has 1 atom stereocenters. The van der Waals surface area contributed by atoms with Crippen molar-refractivity contribution in [2.45, 2.75) is 13.0 Å². The summed E-state index contributed by atoms with van der Waals surface area (Å²) in [7, 11) is 0. The molecule has 0 saturated carbocycles. The van der Waals surface area contributed by atoms with Gasteiger partial charge in [-0.25, -0.2) is 0 Å². The van der Waals surface area contributed by atoms with Crippen LogP contribution >= 0.6 is 11.6 Å². The molecule has 0 heterocycles. The van der Waals surface area contributed by atoms with Crippen molar-refractivity contribution in [1.29, 1.82) is 5.26 Å². The Morgan fingerprint density at radius 3 is 2.63 bits per heavy atom. The summed E-state index contributed by atoms with van der Waals surface area (Å²) in [6, 6.07) is 15.1. The van der Waals surface area contributed by atoms with Gasteiger partial charge >= 0.3 is 0 Å². The van der Waals surface area contributed by atoms with Crippen LogP contribution in [0.25, 0.3) is 0 Å². The lowest BCUT2D eigenvalue weighted by Crippen LogP contribution is -2.07. The molecule has 96 valence electrons. The van der Waals surface area contributed by atoms with Gasteiger partial charge in [-0.3, -0.25) is 0 Å². The minimum absolute atomic E-state index is 0.0565. The molecule has 3 N–H and O–H groups in total. The van der Waals surface area contributed by atoms with Crippen LogP contribution in [-0.2, 0) is 0 Å². The van der Waals surface area contributed by atoms with Crippen LogP contribution in [-0.4, -0.2) is 0 Å². The van der Waals surface area contributed by atoms with Crippen LogP contribution in [0.4, 0.5) is 11.4 Å². The van der Waals surface area contributed by atoms with E-state index in [1.54, 1.807) is 12.1 Å². The lowest BCUT2D eigenvalue weighted by Gasteiger charge is -2.17. The number of nitrogens with one attached hydrogen (secondary N) is 1. The van der Waals surface area contributed by atoms with Crippen molar-refractivity contribution in [3.63, 3.8) is 0 Å². The molecule has 2 aromatic rings. The Kier molecular flexibility index (Phi) is 3.94. The first-order chi connectivity index (χ1) is 9.11. The average molecular weight is 272 g/mol. The summed E-state index contributed by atoms with van der Waals surface area (Å²) >= 11 is 6.16. The van der Waals surface area contributed by atoms with E-state index in [2.05, 4.69) is 5.32 Å². The van der Waals surface area contributed by atoms with E-state index in [1.807, 2.05) is 43.3 Å². The second kappa shape index (κ2) is 5.64. The molecule has 19 heavy (non-hydrogen) atoms. The second-order valence-electron chi connectivity index (χ2n) is 4.30. The van der Waals surface area contributed by atoms with Crippen LogP contribution < -0.4 is 11.1 Å². The molecule has 0 aliphatic rings.